The van der Waals surface area contributed by atoms with Gasteiger partial charge in [0.15, 0.2) is 0 Å². The van der Waals surface area contributed by atoms with E-state index in [1.807, 2.05) is 0 Å². The van der Waals surface area contributed by atoms with Crippen molar-refractivity contribution >= 4 is 11.5 Å². The third-order valence-electron chi connectivity index (χ3n) is 4.22. The van der Waals surface area contributed by atoms with Crippen molar-refractivity contribution in [2.45, 2.75) is 30.6 Å². The quantitative estimate of drug-likeness (QED) is 0.522. The Kier molecular flexibility index (Phi) is 7.60. The van der Waals surface area contributed by atoms with Gasteiger partial charge in [-0.1, -0.05) is 0 Å². The molecule has 0 aliphatic heterocycles. The number of hydrogen-bond acceptors (Lipinski definition) is 0. The fourth-order valence-corrected chi connectivity index (χ4v) is 12.3. The summed E-state index contributed by atoms with van der Waals surface area (Å²) in [5.41, 5.74) is 7.82. The predicted molar refractivity (Wildman–Crippen MR) is 85.9 cm³/mol. The minimum atomic E-state index is -0.351. The molecule has 1 aromatic carbocycles. The molecular weight excluding hydrogens is 406 g/mol. The maximum absolute atomic E-state index is 2.53. The molecule has 2 aliphatic carbocycles. The molecule has 22 heavy (non-hydrogen) atoms. The van der Waals surface area contributed by atoms with Crippen LogP contribution in [0.5, 0.6) is 0 Å². The normalized spacial score (nSPS) is 18.2. The Hall–Kier alpha value is 0.120. The third-order valence-corrected chi connectivity index (χ3v) is 13.0. The van der Waals surface area contributed by atoms with Crippen molar-refractivity contribution in [3.63, 3.8) is 0 Å². The summed E-state index contributed by atoms with van der Waals surface area (Å²) in [7, 11) is 0. The molecule has 2 aliphatic rings. The third kappa shape index (κ3) is 3.78. The maximum Gasteiger partial charge on any atom is -1.00 e. The number of aryl methyl sites for hydroxylation is 2. The van der Waals surface area contributed by atoms with E-state index >= 15 is 0 Å². The summed E-state index contributed by atoms with van der Waals surface area (Å²) >= 11 is -0.351. The SMILES string of the molecule is Cc1ccc(C)c2c1C=C(C1C=CC=C1)[CH]2[Zr+2]=[Si](C)C.[Cl-].[Cl-]. The number of rotatable bonds is 2. The molecule has 0 nitrogen and oxygen atoms in total. The Morgan fingerprint density at radius 3 is 2.14 bits per heavy atom. The Bertz CT molecular complexity index is 671. The molecule has 1 aromatic rings. The fraction of sp³-hybridized carbons (Fsp3) is 0.333. The summed E-state index contributed by atoms with van der Waals surface area (Å²) in [4.78, 5) is 0. The first-order valence-electron chi connectivity index (χ1n) is 7.31. The van der Waals surface area contributed by atoms with Gasteiger partial charge in [-0.15, -0.1) is 0 Å². The summed E-state index contributed by atoms with van der Waals surface area (Å²) in [6, 6.07) is 4.62. The van der Waals surface area contributed by atoms with E-state index in [0.717, 1.165) is 3.63 Å². The van der Waals surface area contributed by atoms with Crippen LogP contribution in [0.25, 0.3) is 6.08 Å². The van der Waals surface area contributed by atoms with Crippen molar-refractivity contribution in [3.05, 3.63) is 64.3 Å². The number of halogens is 2. The second kappa shape index (κ2) is 8.29. The van der Waals surface area contributed by atoms with Gasteiger partial charge in [0.1, 0.15) is 0 Å². The van der Waals surface area contributed by atoms with Crippen LogP contribution < -0.4 is 24.8 Å². The van der Waals surface area contributed by atoms with Gasteiger partial charge in [0.05, 0.1) is 0 Å². The van der Waals surface area contributed by atoms with Crippen LogP contribution in [-0.4, -0.2) is 5.43 Å². The summed E-state index contributed by atoms with van der Waals surface area (Å²) in [6.07, 6.45) is 11.7. The van der Waals surface area contributed by atoms with Crippen LogP contribution in [0.1, 0.15) is 25.9 Å². The molecule has 0 heterocycles. The Morgan fingerprint density at radius 2 is 1.55 bits per heavy atom. The van der Waals surface area contributed by atoms with Crippen LogP contribution in [0, 0.1) is 19.8 Å². The van der Waals surface area contributed by atoms with Gasteiger partial charge in [-0.05, 0) is 0 Å². The molecule has 0 bridgehead atoms. The van der Waals surface area contributed by atoms with Gasteiger partial charge in [-0.25, -0.2) is 0 Å². The molecule has 115 valence electrons. The predicted octanol–water partition coefficient (Wildman–Crippen LogP) is -1.17. The minimum Gasteiger partial charge on any atom is -1.00 e. The molecular formula is C18H21Cl2SiZr. The topological polar surface area (TPSA) is 0 Å². The maximum atomic E-state index is 2.53. The van der Waals surface area contributed by atoms with Crippen LogP contribution in [0.3, 0.4) is 0 Å². The number of fused-ring (bicyclic) bond motifs is 1. The number of allylic oxidation sites excluding steroid dienone is 5. The molecule has 0 saturated carbocycles. The monoisotopic (exact) mass is 425 g/mol. The van der Waals surface area contributed by atoms with Crippen molar-refractivity contribution in [2.75, 3.05) is 0 Å². The zero-order valence-electron chi connectivity index (χ0n) is 13.5. The molecule has 0 amide bonds. The number of benzene rings is 1. The first-order chi connectivity index (χ1) is 9.58. The molecule has 0 spiro atoms. The summed E-state index contributed by atoms with van der Waals surface area (Å²) < 4.78 is 0.815. The Balaban J connectivity index is 0.00000121. The van der Waals surface area contributed by atoms with E-state index in [-0.39, 0.29) is 52.1 Å². The van der Waals surface area contributed by atoms with E-state index in [1.54, 1.807) is 16.7 Å². The van der Waals surface area contributed by atoms with Crippen molar-refractivity contribution < 1.29 is 46.7 Å². The molecule has 0 N–H and O–H groups in total. The zero-order valence-corrected chi connectivity index (χ0v) is 18.4. The standard InChI is InChI=1S/C16H15.C2H6Si.2ClH.Zr/c1-11-7-8-12(2)16-10-14(9-15(11)16)13-5-3-4-6-13;1-3-2;;;/h3-10,13H,1-2H3;1-2H3;2*1H;/q;;;;+2/p-2. The van der Waals surface area contributed by atoms with E-state index in [9.17, 15) is 0 Å². The molecule has 1 unspecified atom stereocenters. The first-order valence-corrected chi connectivity index (χ1v) is 14.9. The van der Waals surface area contributed by atoms with Gasteiger partial charge < -0.3 is 24.8 Å². The van der Waals surface area contributed by atoms with E-state index < -0.39 is 0 Å². The largest absolute Gasteiger partial charge is 1.00 e. The van der Waals surface area contributed by atoms with Crippen LogP contribution >= 0.6 is 0 Å². The molecule has 4 heteroatoms. The average molecular weight is 428 g/mol. The fourth-order valence-electron chi connectivity index (χ4n) is 3.23. The van der Waals surface area contributed by atoms with Gasteiger partial charge >= 0.3 is 134 Å². The Morgan fingerprint density at radius 1 is 0.955 bits per heavy atom. The van der Waals surface area contributed by atoms with Gasteiger partial charge in [-0.2, -0.15) is 0 Å². The second-order valence-corrected chi connectivity index (χ2v) is 19.3. The van der Waals surface area contributed by atoms with E-state index in [1.165, 1.54) is 11.1 Å². The molecule has 0 aromatic heterocycles. The van der Waals surface area contributed by atoms with E-state index in [4.69, 9.17) is 0 Å². The van der Waals surface area contributed by atoms with Crippen molar-refractivity contribution in [2.24, 2.45) is 5.92 Å². The number of hydrogen-bond donors (Lipinski definition) is 0. The van der Waals surface area contributed by atoms with Crippen LogP contribution in [0.2, 0.25) is 13.1 Å². The molecule has 3 rings (SSSR count). The molecule has 0 radical (unpaired) electrons. The molecule has 1 atom stereocenters. The zero-order chi connectivity index (χ0) is 14.3. The Labute approximate surface area is 158 Å². The summed E-state index contributed by atoms with van der Waals surface area (Å²) in [5.74, 6) is 0.563. The average Bonchev–Trinajstić information content (AvgIpc) is 3.01. The first kappa shape index (κ1) is 20.2. The van der Waals surface area contributed by atoms with E-state index in [2.05, 4.69) is 69.5 Å². The van der Waals surface area contributed by atoms with E-state index in [0.29, 0.717) is 5.92 Å². The van der Waals surface area contributed by atoms with Gasteiger partial charge in [-0.3, -0.25) is 0 Å². The van der Waals surface area contributed by atoms with Crippen molar-refractivity contribution in [3.8, 4) is 0 Å². The van der Waals surface area contributed by atoms with Gasteiger partial charge in [0.25, 0.3) is 0 Å². The minimum absolute atomic E-state index is 0. The molecule has 0 fully saturated rings. The summed E-state index contributed by atoms with van der Waals surface area (Å²) in [6.45, 7) is 9.60. The van der Waals surface area contributed by atoms with Gasteiger partial charge in [0.2, 0.25) is 0 Å². The van der Waals surface area contributed by atoms with Gasteiger partial charge in [0, 0.05) is 0 Å². The summed E-state index contributed by atoms with van der Waals surface area (Å²) in [5, 5.41) is 0. The van der Waals surface area contributed by atoms with Crippen LogP contribution in [0.15, 0.2) is 42.0 Å². The smallest absolute Gasteiger partial charge is 1.00 e. The second-order valence-electron chi connectivity index (χ2n) is 6.04. The van der Waals surface area contributed by atoms with Crippen molar-refractivity contribution in [1.29, 1.82) is 0 Å². The van der Waals surface area contributed by atoms with Crippen molar-refractivity contribution in [1.82, 2.24) is 0 Å². The van der Waals surface area contributed by atoms with Crippen LogP contribution in [-0.2, 0) is 21.9 Å². The van der Waals surface area contributed by atoms with Crippen LogP contribution in [0.4, 0.5) is 0 Å². The molecule has 0 saturated heterocycles.